The molecule has 1 amide bonds. The highest BCUT2D eigenvalue weighted by Crippen LogP contribution is 2.44. The van der Waals surface area contributed by atoms with Crippen molar-refractivity contribution >= 4 is 11.8 Å². The fourth-order valence-electron chi connectivity index (χ4n) is 3.87. The summed E-state index contributed by atoms with van der Waals surface area (Å²) in [5, 5.41) is 5.98. The lowest BCUT2D eigenvalue weighted by molar-refractivity contribution is 0.106. The minimum Gasteiger partial charge on any atom is -0.497 e. The molecule has 2 aliphatic rings. The molecule has 4 rings (SSSR count). The minimum absolute atomic E-state index is 0.0421. The molecule has 0 saturated heterocycles. The summed E-state index contributed by atoms with van der Waals surface area (Å²) in [5.74, 6) is 0.541. The van der Waals surface area contributed by atoms with Crippen LogP contribution >= 0.6 is 0 Å². The highest BCUT2D eigenvalue weighted by Gasteiger charge is 2.44. The topological polar surface area (TPSA) is 51.1 Å². The number of ether oxygens (including phenoxy) is 2. The third-order valence-electron chi connectivity index (χ3n) is 5.10. The molecule has 2 aromatic carbocycles. The Morgan fingerprint density at radius 3 is 2.65 bits per heavy atom. The van der Waals surface area contributed by atoms with Crippen LogP contribution in [-0.4, -0.2) is 31.0 Å². The van der Waals surface area contributed by atoms with Crippen LogP contribution in [0.4, 0.5) is 9.18 Å². The summed E-state index contributed by atoms with van der Waals surface area (Å²) in [4.78, 5) is 12.3. The van der Waals surface area contributed by atoms with Crippen LogP contribution in [0.15, 0.2) is 47.6 Å². The second-order valence-electron chi connectivity index (χ2n) is 6.46. The number of hydrazone groups is 1. The van der Waals surface area contributed by atoms with Crippen LogP contribution in [0.3, 0.4) is 0 Å². The van der Waals surface area contributed by atoms with E-state index in [-0.39, 0.29) is 17.8 Å². The Balaban J connectivity index is 1.78. The molecule has 0 bridgehead atoms. The summed E-state index contributed by atoms with van der Waals surface area (Å²) >= 11 is 0. The standard InChI is InChI=1S/C20H19FN2O3/c1-25-15-8-10-16-13(11-15)5-9-17-18(16)22-23(20(24)26-2)19(17)12-3-6-14(21)7-4-12/h3-4,6-8,10-11,17,19H,5,9H2,1-2H3. The van der Waals surface area contributed by atoms with Crippen molar-refractivity contribution in [3.63, 3.8) is 0 Å². The molecule has 2 aromatic rings. The van der Waals surface area contributed by atoms with E-state index >= 15 is 0 Å². The number of aryl methyl sites for hydroxylation is 1. The smallest absolute Gasteiger partial charge is 0.430 e. The van der Waals surface area contributed by atoms with Gasteiger partial charge in [0, 0.05) is 11.5 Å². The molecule has 0 aromatic heterocycles. The van der Waals surface area contributed by atoms with Crippen molar-refractivity contribution in [2.24, 2.45) is 11.0 Å². The van der Waals surface area contributed by atoms with Crippen LogP contribution in [0.2, 0.25) is 0 Å². The number of carbonyl (C=O) groups excluding carboxylic acids is 1. The Bertz CT molecular complexity index is 879. The SMILES string of the molecule is COC(=O)N1N=C2c3ccc(OC)cc3CCC2C1c1ccc(F)cc1. The highest BCUT2D eigenvalue weighted by atomic mass is 19.1. The fraction of sp³-hybridized carbons (Fsp3) is 0.300. The van der Waals surface area contributed by atoms with Gasteiger partial charge in [0.2, 0.25) is 0 Å². The van der Waals surface area contributed by atoms with E-state index in [9.17, 15) is 9.18 Å². The first-order valence-corrected chi connectivity index (χ1v) is 8.51. The zero-order valence-corrected chi connectivity index (χ0v) is 14.6. The van der Waals surface area contributed by atoms with E-state index in [0.717, 1.165) is 41.0 Å². The van der Waals surface area contributed by atoms with E-state index in [4.69, 9.17) is 9.47 Å². The summed E-state index contributed by atoms with van der Waals surface area (Å²) in [7, 11) is 2.98. The number of hydrogen-bond donors (Lipinski definition) is 0. The van der Waals surface area contributed by atoms with Crippen LogP contribution < -0.4 is 4.74 Å². The number of rotatable bonds is 2. The van der Waals surface area contributed by atoms with Crippen LogP contribution in [0.1, 0.15) is 29.2 Å². The largest absolute Gasteiger partial charge is 0.497 e. The highest BCUT2D eigenvalue weighted by molar-refractivity contribution is 6.06. The van der Waals surface area contributed by atoms with Gasteiger partial charge in [0.25, 0.3) is 0 Å². The first kappa shape index (κ1) is 16.6. The molecule has 5 nitrogen and oxygen atoms in total. The molecule has 1 aliphatic carbocycles. The molecule has 1 heterocycles. The number of nitrogens with zero attached hydrogens (tertiary/aromatic N) is 2. The predicted molar refractivity (Wildman–Crippen MR) is 94.7 cm³/mol. The molecule has 6 heteroatoms. The van der Waals surface area contributed by atoms with E-state index in [0.29, 0.717) is 0 Å². The van der Waals surface area contributed by atoms with Crippen LogP contribution in [0.5, 0.6) is 5.75 Å². The number of amides is 1. The van der Waals surface area contributed by atoms with E-state index < -0.39 is 6.09 Å². The fourth-order valence-corrected chi connectivity index (χ4v) is 3.87. The Morgan fingerprint density at radius 2 is 1.96 bits per heavy atom. The number of methoxy groups -OCH3 is 2. The van der Waals surface area contributed by atoms with E-state index in [1.54, 1.807) is 19.2 Å². The lowest BCUT2D eigenvalue weighted by atomic mass is 9.77. The van der Waals surface area contributed by atoms with Crippen LogP contribution in [-0.2, 0) is 11.2 Å². The van der Waals surface area contributed by atoms with Gasteiger partial charge in [-0.2, -0.15) is 10.1 Å². The maximum Gasteiger partial charge on any atom is 0.430 e. The van der Waals surface area contributed by atoms with Crippen molar-refractivity contribution in [2.45, 2.75) is 18.9 Å². The van der Waals surface area contributed by atoms with Gasteiger partial charge >= 0.3 is 6.09 Å². The summed E-state index contributed by atoms with van der Waals surface area (Å²) in [6.07, 6.45) is 1.19. The van der Waals surface area contributed by atoms with Gasteiger partial charge in [-0.1, -0.05) is 12.1 Å². The Morgan fingerprint density at radius 1 is 1.19 bits per heavy atom. The molecule has 0 radical (unpaired) electrons. The lowest BCUT2D eigenvalue weighted by Crippen LogP contribution is -2.32. The first-order chi connectivity index (χ1) is 12.6. The molecule has 0 saturated carbocycles. The minimum atomic E-state index is -0.517. The maximum absolute atomic E-state index is 13.4. The number of carbonyl (C=O) groups is 1. The maximum atomic E-state index is 13.4. The average molecular weight is 354 g/mol. The van der Waals surface area contributed by atoms with Crippen molar-refractivity contribution in [3.8, 4) is 5.75 Å². The second kappa shape index (κ2) is 6.44. The summed E-state index contributed by atoms with van der Waals surface area (Å²) in [5.41, 5.74) is 3.90. The molecule has 0 N–H and O–H groups in total. The van der Waals surface area contributed by atoms with Gasteiger partial charge in [-0.3, -0.25) is 0 Å². The average Bonchev–Trinajstić information content (AvgIpc) is 3.07. The lowest BCUT2D eigenvalue weighted by Gasteiger charge is -2.29. The van der Waals surface area contributed by atoms with Gasteiger partial charge in [-0.05, 0) is 54.3 Å². The monoisotopic (exact) mass is 354 g/mol. The molecular formula is C20H19FN2O3. The van der Waals surface area contributed by atoms with Crippen molar-refractivity contribution in [3.05, 3.63) is 65.0 Å². The zero-order valence-electron chi connectivity index (χ0n) is 14.6. The molecular weight excluding hydrogens is 335 g/mol. The first-order valence-electron chi connectivity index (χ1n) is 8.51. The molecule has 0 fully saturated rings. The quantitative estimate of drug-likeness (QED) is 0.821. The van der Waals surface area contributed by atoms with E-state index in [2.05, 4.69) is 5.10 Å². The zero-order chi connectivity index (χ0) is 18.3. The third kappa shape index (κ3) is 2.62. The van der Waals surface area contributed by atoms with Gasteiger partial charge in [-0.15, -0.1) is 0 Å². The van der Waals surface area contributed by atoms with Gasteiger partial charge < -0.3 is 9.47 Å². The van der Waals surface area contributed by atoms with Gasteiger partial charge in [0.15, 0.2) is 0 Å². The van der Waals surface area contributed by atoms with Crippen molar-refractivity contribution in [2.75, 3.05) is 14.2 Å². The Hall–Kier alpha value is -2.89. The van der Waals surface area contributed by atoms with Gasteiger partial charge in [-0.25, -0.2) is 9.18 Å². The molecule has 134 valence electrons. The molecule has 26 heavy (non-hydrogen) atoms. The Labute approximate surface area is 151 Å². The number of hydrogen-bond acceptors (Lipinski definition) is 4. The number of halogens is 1. The van der Waals surface area contributed by atoms with Crippen LogP contribution in [0, 0.1) is 11.7 Å². The summed E-state index contributed by atoms with van der Waals surface area (Å²) in [6, 6.07) is 11.8. The number of benzene rings is 2. The summed E-state index contributed by atoms with van der Waals surface area (Å²) in [6.45, 7) is 0. The van der Waals surface area contributed by atoms with Crippen molar-refractivity contribution in [1.29, 1.82) is 0 Å². The van der Waals surface area contributed by atoms with Crippen LogP contribution in [0.25, 0.3) is 0 Å². The van der Waals surface area contributed by atoms with E-state index in [1.807, 2.05) is 18.2 Å². The van der Waals surface area contributed by atoms with Gasteiger partial charge in [0.1, 0.15) is 11.6 Å². The predicted octanol–water partition coefficient (Wildman–Crippen LogP) is 3.92. The number of fused-ring (bicyclic) bond motifs is 3. The molecule has 1 aliphatic heterocycles. The molecule has 2 unspecified atom stereocenters. The molecule has 0 spiro atoms. The summed E-state index contributed by atoms with van der Waals surface area (Å²) < 4.78 is 23.6. The van der Waals surface area contributed by atoms with Crippen molar-refractivity contribution in [1.82, 2.24) is 5.01 Å². The van der Waals surface area contributed by atoms with E-state index in [1.165, 1.54) is 24.3 Å². The normalized spacial score (nSPS) is 20.9. The van der Waals surface area contributed by atoms with Gasteiger partial charge in [0.05, 0.1) is 26.0 Å². The second-order valence-corrected chi connectivity index (χ2v) is 6.46. The Kier molecular flexibility index (Phi) is 4.11. The third-order valence-corrected chi connectivity index (χ3v) is 5.10. The van der Waals surface area contributed by atoms with Crippen molar-refractivity contribution < 1.29 is 18.7 Å². The molecule has 2 atom stereocenters.